The Labute approximate surface area is 133 Å². The van der Waals surface area contributed by atoms with E-state index in [1.807, 2.05) is 18.2 Å². The molecule has 0 atom stereocenters. The summed E-state index contributed by atoms with van der Waals surface area (Å²) >= 11 is 0. The second-order valence-electron chi connectivity index (χ2n) is 5.11. The van der Waals surface area contributed by atoms with Gasteiger partial charge in [-0.1, -0.05) is 30.3 Å². The highest BCUT2D eigenvalue weighted by Gasteiger charge is 2.35. The quantitative estimate of drug-likeness (QED) is 0.868. The third-order valence-electron chi connectivity index (χ3n) is 3.70. The third-order valence-corrected chi connectivity index (χ3v) is 3.70. The first kappa shape index (κ1) is 14.9. The molecule has 6 nitrogen and oxygen atoms in total. The lowest BCUT2D eigenvalue weighted by atomic mass is 10.1. The van der Waals surface area contributed by atoms with E-state index in [4.69, 9.17) is 0 Å². The minimum absolute atomic E-state index is 0.156. The van der Waals surface area contributed by atoms with Gasteiger partial charge in [-0.2, -0.15) is 0 Å². The van der Waals surface area contributed by atoms with E-state index in [1.165, 1.54) is 4.90 Å². The second kappa shape index (κ2) is 6.02. The molecular weight excluding hydrogens is 294 g/mol. The zero-order valence-corrected chi connectivity index (χ0v) is 12.5. The molecule has 6 heteroatoms. The number of benzene rings is 2. The number of amides is 3. The fourth-order valence-corrected chi connectivity index (χ4v) is 2.39. The average molecular weight is 309 g/mol. The zero-order chi connectivity index (χ0) is 16.4. The van der Waals surface area contributed by atoms with E-state index in [1.54, 1.807) is 43.4 Å². The molecule has 3 rings (SSSR count). The predicted molar refractivity (Wildman–Crippen MR) is 84.8 cm³/mol. The number of anilines is 1. The Hall–Kier alpha value is -2.99. The number of nitrogens with one attached hydrogen (secondary N) is 1. The van der Waals surface area contributed by atoms with Crippen molar-refractivity contribution in [3.8, 4) is 0 Å². The van der Waals surface area contributed by atoms with E-state index in [2.05, 4.69) is 5.43 Å². The largest absolute Gasteiger partial charge is 0.314 e. The van der Waals surface area contributed by atoms with Gasteiger partial charge in [-0.3, -0.25) is 14.4 Å². The van der Waals surface area contributed by atoms with Gasteiger partial charge in [0, 0.05) is 12.7 Å². The second-order valence-corrected chi connectivity index (χ2v) is 5.11. The maximum Gasteiger partial charge on any atom is 0.276 e. The number of nitrogens with zero attached hydrogens (tertiary/aromatic N) is 2. The van der Waals surface area contributed by atoms with Crippen molar-refractivity contribution in [1.82, 2.24) is 10.4 Å². The van der Waals surface area contributed by atoms with Crippen molar-refractivity contribution in [2.45, 2.75) is 0 Å². The van der Waals surface area contributed by atoms with Crippen molar-refractivity contribution in [2.24, 2.45) is 0 Å². The monoisotopic (exact) mass is 309 g/mol. The smallest absolute Gasteiger partial charge is 0.276 e. The molecule has 23 heavy (non-hydrogen) atoms. The Kier molecular flexibility index (Phi) is 3.91. The number of carbonyl (C=O) groups is 3. The van der Waals surface area contributed by atoms with Gasteiger partial charge in [0.25, 0.3) is 11.8 Å². The molecule has 116 valence electrons. The number of carbonyl (C=O) groups excluding carboxylic acids is 3. The molecule has 0 unspecified atom stereocenters. The van der Waals surface area contributed by atoms with Crippen LogP contribution < -0.4 is 10.3 Å². The van der Waals surface area contributed by atoms with Crippen LogP contribution in [0.4, 0.5) is 5.69 Å². The summed E-state index contributed by atoms with van der Waals surface area (Å²) in [4.78, 5) is 38.0. The Morgan fingerprint density at radius 3 is 2.04 bits per heavy atom. The number of hydrogen-bond donors (Lipinski definition) is 1. The molecule has 2 aromatic rings. The van der Waals surface area contributed by atoms with Gasteiger partial charge < -0.3 is 4.90 Å². The Balaban J connectivity index is 1.67. The van der Waals surface area contributed by atoms with E-state index in [9.17, 15) is 14.4 Å². The first-order valence-corrected chi connectivity index (χ1v) is 7.12. The van der Waals surface area contributed by atoms with Crippen LogP contribution >= 0.6 is 0 Å². The van der Waals surface area contributed by atoms with Crippen molar-refractivity contribution in [3.05, 3.63) is 65.7 Å². The van der Waals surface area contributed by atoms with Crippen LogP contribution in [-0.2, 0) is 4.79 Å². The van der Waals surface area contributed by atoms with Gasteiger partial charge in [0.2, 0.25) is 5.91 Å². The van der Waals surface area contributed by atoms with Gasteiger partial charge in [0.1, 0.15) is 0 Å². The summed E-state index contributed by atoms with van der Waals surface area (Å²) in [6.07, 6.45) is 0. The summed E-state index contributed by atoms with van der Waals surface area (Å²) < 4.78 is 0. The maximum atomic E-state index is 12.2. The zero-order valence-electron chi connectivity index (χ0n) is 12.5. The Morgan fingerprint density at radius 1 is 0.957 bits per heavy atom. The maximum absolute atomic E-state index is 12.2. The van der Waals surface area contributed by atoms with Gasteiger partial charge in [-0.15, -0.1) is 0 Å². The van der Waals surface area contributed by atoms with Crippen LogP contribution in [0.1, 0.15) is 20.7 Å². The van der Waals surface area contributed by atoms with Crippen molar-refractivity contribution in [2.75, 3.05) is 18.5 Å². The van der Waals surface area contributed by atoms with Crippen molar-refractivity contribution in [1.29, 1.82) is 0 Å². The standard InChI is InChI=1S/C17H15N3O3/c1-19(12-7-3-2-4-8-12)15(21)11-18-20-16(22)13-9-5-6-10-14(13)17(20)23/h2-10,18H,11H2,1H3. The summed E-state index contributed by atoms with van der Waals surface area (Å²) in [6, 6.07) is 15.7. The lowest BCUT2D eigenvalue weighted by molar-refractivity contribution is -0.118. The van der Waals surface area contributed by atoms with E-state index in [0.717, 1.165) is 10.7 Å². The first-order chi connectivity index (χ1) is 11.1. The number of fused-ring (bicyclic) bond motifs is 1. The lowest BCUT2D eigenvalue weighted by Gasteiger charge is -2.20. The topological polar surface area (TPSA) is 69.7 Å². The minimum Gasteiger partial charge on any atom is -0.314 e. The van der Waals surface area contributed by atoms with Crippen molar-refractivity contribution >= 4 is 23.4 Å². The molecule has 0 saturated heterocycles. The fraction of sp³-hybridized carbons (Fsp3) is 0.118. The molecule has 1 aliphatic rings. The number of hydrazine groups is 1. The highest BCUT2D eigenvalue weighted by molar-refractivity contribution is 6.21. The molecule has 2 aromatic carbocycles. The lowest BCUT2D eigenvalue weighted by Crippen LogP contribution is -2.47. The van der Waals surface area contributed by atoms with E-state index >= 15 is 0 Å². The Morgan fingerprint density at radius 2 is 1.48 bits per heavy atom. The molecule has 1 heterocycles. The summed E-state index contributed by atoms with van der Waals surface area (Å²) in [6.45, 7) is -0.156. The highest BCUT2D eigenvalue weighted by Crippen LogP contribution is 2.20. The summed E-state index contributed by atoms with van der Waals surface area (Å²) in [7, 11) is 1.64. The van der Waals surface area contributed by atoms with Crippen LogP contribution in [0, 0.1) is 0 Å². The van der Waals surface area contributed by atoms with Crippen LogP contribution in [0.25, 0.3) is 0 Å². The van der Waals surface area contributed by atoms with Gasteiger partial charge in [-0.25, -0.2) is 10.4 Å². The first-order valence-electron chi connectivity index (χ1n) is 7.12. The molecule has 0 aliphatic carbocycles. The minimum atomic E-state index is -0.444. The number of hydrogen-bond acceptors (Lipinski definition) is 4. The fourth-order valence-electron chi connectivity index (χ4n) is 2.39. The molecule has 3 amide bonds. The number of likely N-dealkylation sites (N-methyl/N-ethyl adjacent to an activating group) is 1. The van der Waals surface area contributed by atoms with Gasteiger partial charge in [0.05, 0.1) is 17.7 Å². The van der Waals surface area contributed by atoms with Crippen molar-refractivity contribution < 1.29 is 14.4 Å². The normalized spacial score (nSPS) is 13.2. The SMILES string of the molecule is CN(C(=O)CNN1C(=O)c2ccccc2C1=O)c1ccccc1. The molecule has 1 aliphatic heterocycles. The van der Waals surface area contributed by atoms with Crippen LogP contribution in [0.2, 0.25) is 0 Å². The van der Waals surface area contributed by atoms with Crippen molar-refractivity contribution in [3.63, 3.8) is 0 Å². The van der Waals surface area contributed by atoms with Crippen LogP contribution in [0.15, 0.2) is 54.6 Å². The highest BCUT2D eigenvalue weighted by atomic mass is 16.2. The van der Waals surface area contributed by atoms with E-state index in [-0.39, 0.29) is 12.5 Å². The van der Waals surface area contributed by atoms with E-state index in [0.29, 0.717) is 11.1 Å². The van der Waals surface area contributed by atoms with E-state index < -0.39 is 11.8 Å². The summed E-state index contributed by atoms with van der Waals surface area (Å²) in [5, 5.41) is 0.890. The number of para-hydroxylation sites is 1. The van der Waals surface area contributed by atoms with Crippen LogP contribution in [0.3, 0.4) is 0 Å². The molecule has 0 aromatic heterocycles. The van der Waals surface area contributed by atoms with Gasteiger partial charge in [0.15, 0.2) is 0 Å². The molecule has 0 bridgehead atoms. The number of imide groups is 1. The molecule has 0 fully saturated rings. The average Bonchev–Trinajstić information content (AvgIpc) is 2.84. The van der Waals surface area contributed by atoms with Crippen LogP contribution in [0.5, 0.6) is 0 Å². The van der Waals surface area contributed by atoms with Gasteiger partial charge in [-0.05, 0) is 24.3 Å². The molecule has 0 radical (unpaired) electrons. The predicted octanol–water partition coefficient (Wildman–Crippen LogP) is 1.45. The third kappa shape index (κ3) is 2.72. The Bertz CT molecular complexity index is 739. The molecule has 1 N–H and O–H groups in total. The molecular formula is C17H15N3O3. The molecule has 0 spiro atoms. The van der Waals surface area contributed by atoms with Crippen LogP contribution in [-0.4, -0.2) is 36.3 Å². The van der Waals surface area contributed by atoms with Gasteiger partial charge >= 0.3 is 0 Å². The summed E-state index contributed by atoms with van der Waals surface area (Å²) in [5.41, 5.74) is 4.04. The number of rotatable bonds is 4. The molecule has 0 saturated carbocycles. The summed E-state index contributed by atoms with van der Waals surface area (Å²) in [5.74, 6) is -1.14.